The number of piperidine rings is 1. The lowest BCUT2D eigenvalue weighted by Crippen LogP contribution is -2.47. The van der Waals surface area contributed by atoms with E-state index in [9.17, 15) is 14.4 Å². The fourth-order valence-corrected chi connectivity index (χ4v) is 6.44. The average molecular weight is 573 g/mol. The molecule has 7 nitrogen and oxygen atoms in total. The number of amides is 2. The second-order valence-corrected chi connectivity index (χ2v) is 11.5. The number of nitrogens with zero attached hydrogens (tertiary/aromatic N) is 3. The molecule has 0 radical (unpaired) electrons. The Balaban J connectivity index is 1.33. The van der Waals surface area contributed by atoms with Crippen molar-refractivity contribution in [1.29, 1.82) is 0 Å². The van der Waals surface area contributed by atoms with E-state index in [1.807, 2.05) is 91.2 Å². The summed E-state index contributed by atoms with van der Waals surface area (Å²) in [5, 5.41) is 3.08. The van der Waals surface area contributed by atoms with Gasteiger partial charge in [-0.1, -0.05) is 48.5 Å². The number of aromatic nitrogens is 1. The number of hydrogen-bond acceptors (Lipinski definition) is 4. The third-order valence-electron chi connectivity index (χ3n) is 8.42. The van der Waals surface area contributed by atoms with Gasteiger partial charge in [-0.05, 0) is 79.8 Å². The van der Waals surface area contributed by atoms with E-state index in [0.29, 0.717) is 30.3 Å². The molecule has 2 aliphatic rings. The van der Waals surface area contributed by atoms with E-state index in [0.717, 1.165) is 47.7 Å². The summed E-state index contributed by atoms with van der Waals surface area (Å²) in [4.78, 5) is 43.6. The highest BCUT2D eigenvalue weighted by molar-refractivity contribution is 6.09. The van der Waals surface area contributed by atoms with Crippen LogP contribution in [0.25, 0.3) is 6.08 Å². The topological polar surface area (TPSA) is 74.7 Å². The fourth-order valence-electron chi connectivity index (χ4n) is 6.44. The first-order chi connectivity index (χ1) is 20.9. The Hall–Kier alpha value is -4.91. The zero-order chi connectivity index (χ0) is 29.9. The lowest BCUT2D eigenvalue weighted by molar-refractivity contribution is -0.111. The molecule has 1 aromatic heterocycles. The molecule has 0 saturated carbocycles. The van der Waals surface area contributed by atoms with Gasteiger partial charge in [0.15, 0.2) is 0 Å². The number of aryl methyl sites for hydroxylation is 1. The minimum Gasteiger partial charge on any atom is -0.369 e. The summed E-state index contributed by atoms with van der Waals surface area (Å²) in [6, 6.07) is 28.7. The van der Waals surface area contributed by atoms with Crippen molar-refractivity contribution in [3.8, 4) is 0 Å². The summed E-state index contributed by atoms with van der Waals surface area (Å²) in [5.74, 6) is 0.126. The number of anilines is 3. The summed E-state index contributed by atoms with van der Waals surface area (Å²) in [7, 11) is 0. The van der Waals surface area contributed by atoms with E-state index >= 15 is 0 Å². The predicted octanol–water partition coefficient (Wildman–Crippen LogP) is 6.10. The smallest absolute Gasteiger partial charge is 0.258 e. The molecule has 2 amide bonds. The monoisotopic (exact) mass is 572 g/mol. The van der Waals surface area contributed by atoms with Gasteiger partial charge in [0.25, 0.3) is 11.5 Å². The molecule has 0 aliphatic carbocycles. The van der Waals surface area contributed by atoms with Crippen LogP contribution in [0.1, 0.15) is 46.4 Å². The maximum atomic E-state index is 13.8. The summed E-state index contributed by atoms with van der Waals surface area (Å²) in [6.07, 6.45) is 4.33. The Morgan fingerprint density at radius 2 is 1.74 bits per heavy atom. The number of carbonyl (C=O) groups excluding carboxylic acids is 2. The highest BCUT2D eigenvalue weighted by Gasteiger charge is 2.35. The zero-order valence-electron chi connectivity index (χ0n) is 24.6. The van der Waals surface area contributed by atoms with E-state index in [1.54, 1.807) is 23.1 Å². The van der Waals surface area contributed by atoms with Crippen molar-refractivity contribution in [3.05, 3.63) is 130 Å². The molecule has 2 atom stereocenters. The van der Waals surface area contributed by atoms with Crippen LogP contribution in [0.2, 0.25) is 0 Å². The Bertz CT molecular complexity index is 1740. The number of benzene rings is 3. The Kier molecular flexibility index (Phi) is 7.97. The van der Waals surface area contributed by atoms with Crippen LogP contribution in [0, 0.1) is 12.8 Å². The molecular formula is C36H36N4O3. The first-order valence-corrected chi connectivity index (χ1v) is 14.9. The van der Waals surface area contributed by atoms with E-state index in [-0.39, 0.29) is 23.3 Å². The third kappa shape index (κ3) is 6.02. The number of hydrogen-bond donors (Lipinski definition) is 1. The van der Waals surface area contributed by atoms with Gasteiger partial charge in [-0.3, -0.25) is 14.4 Å². The van der Waals surface area contributed by atoms with Crippen LogP contribution in [0.15, 0.2) is 102 Å². The molecule has 4 aromatic rings. The van der Waals surface area contributed by atoms with Crippen LogP contribution in [0.3, 0.4) is 0 Å². The number of fused-ring (bicyclic) bond motifs is 4. The molecular weight excluding hydrogens is 536 g/mol. The van der Waals surface area contributed by atoms with Gasteiger partial charge < -0.3 is 19.7 Å². The SMILES string of the molecule is CCN(C(=O)c1ccc(N2C[C@H]3C[C@@H](C2)c2cccc(=O)n2C3)c(NC(=O)/C=C/c2ccccc2)c1)c1cccc(C)c1. The Labute approximate surface area is 252 Å². The number of carbonyl (C=O) groups is 2. The van der Waals surface area contributed by atoms with Crippen molar-refractivity contribution in [1.82, 2.24) is 4.57 Å². The van der Waals surface area contributed by atoms with Crippen molar-refractivity contribution in [3.63, 3.8) is 0 Å². The van der Waals surface area contributed by atoms with Crippen LogP contribution in [-0.2, 0) is 11.3 Å². The van der Waals surface area contributed by atoms with Crippen LogP contribution in [0.4, 0.5) is 17.1 Å². The lowest BCUT2D eigenvalue weighted by atomic mass is 9.83. The summed E-state index contributed by atoms with van der Waals surface area (Å²) >= 11 is 0. The van der Waals surface area contributed by atoms with E-state index in [4.69, 9.17) is 0 Å². The van der Waals surface area contributed by atoms with Crippen molar-refractivity contribution >= 4 is 35.0 Å². The van der Waals surface area contributed by atoms with Crippen molar-refractivity contribution < 1.29 is 9.59 Å². The van der Waals surface area contributed by atoms with Gasteiger partial charge in [0, 0.05) is 61.2 Å². The molecule has 3 aromatic carbocycles. The molecule has 1 fully saturated rings. The summed E-state index contributed by atoms with van der Waals surface area (Å²) < 4.78 is 1.92. The Morgan fingerprint density at radius 3 is 2.53 bits per heavy atom. The van der Waals surface area contributed by atoms with Crippen molar-refractivity contribution in [2.45, 2.75) is 32.7 Å². The van der Waals surface area contributed by atoms with Gasteiger partial charge in [0.1, 0.15) is 0 Å². The first kappa shape index (κ1) is 28.2. The van der Waals surface area contributed by atoms with Gasteiger partial charge in [-0.2, -0.15) is 0 Å². The van der Waals surface area contributed by atoms with Crippen LogP contribution in [0.5, 0.6) is 0 Å². The second kappa shape index (κ2) is 12.1. The molecule has 1 N–H and O–H groups in total. The predicted molar refractivity (Wildman–Crippen MR) is 173 cm³/mol. The first-order valence-electron chi connectivity index (χ1n) is 14.9. The number of rotatable bonds is 7. The van der Waals surface area contributed by atoms with Gasteiger partial charge in [-0.15, -0.1) is 0 Å². The molecule has 0 unspecified atom stereocenters. The van der Waals surface area contributed by atoms with Gasteiger partial charge in [0.2, 0.25) is 5.91 Å². The maximum Gasteiger partial charge on any atom is 0.258 e. The molecule has 2 bridgehead atoms. The molecule has 43 heavy (non-hydrogen) atoms. The average Bonchev–Trinajstić information content (AvgIpc) is 3.01. The Morgan fingerprint density at radius 1 is 0.930 bits per heavy atom. The minimum atomic E-state index is -0.269. The molecule has 6 rings (SSSR count). The van der Waals surface area contributed by atoms with Crippen molar-refractivity contribution in [2.75, 3.05) is 34.8 Å². The highest BCUT2D eigenvalue weighted by Crippen LogP contribution is 2.39. The van der Waals surface area contributed by atoms with Crippen molar-refractivity contribution in [2.24, 2.45) is 5.92 Å². The maximum absolute atomic E-state index is 13.8. The normalized spacial score (nSPS) is 17.4. The molecule has 218 valence electrons. The molecule has 3 heterocycles. The van der Waals surface area contributed by atoms with Gasteiger partial charge >= 0.3 is 0 Å². The van der Waals surface area contributed by atoms with Gasteiger partial charge in [0.05, 0.1) is 11.4 Å². The third-order valence-corrected chi connectivity index (χ3v) is 8.42. The van der Waals surface area contributed by atoms with Crippen LogP contribution < -0.4 is 20.7 Å². The molecule has 0 spiro atoms. The fraction of sp³-hybridized carbons (Fsp3) is 0.250. The standard InChI is InChI=1S/C36H36N4O3/c1-3-39(30-12-7-9-25(2)19-30)36(43)28-16-17-33(31(21-28)37-34(41)18-15-26-10-5-4-6-11-26)38-22-27-20-29(24-38)32-13-8-14-35(42)40(32)23-27/h4-19,21,27,29H,3,20,22-24H2,1-2H3,(H,37,41)/b18-15+/t27-,29+/m1/s1. The van der Waals surface area contributed by atoms with Crippen LogP contribution >= 0.6 is 0 Å². The van der Waals surface area contributed by atoms with E-state index < -0.39 is 0 Å². The molecule has 7 heteroatoms. The summed E-state index contributed by atoms with van der Waals surface area (Å²) in [5.41, 5.74) is 5.93. The van der Waals surface area contributed by atoms with E-state index in [2.05, 4.69) is 16.3 Å². The zero-order valence-corrected chi connectivity index (χ0v) is 24.6. The number of nitrogens with one attached hydrogen (secondary N) is 1. The molecule has 1 saturated heterocycles. The van der Waals surface area contributed by atoms with Gasteiger partial charge in [-0.25, -0.2) is 0 Å². The van der Waals surface area contributed by atoms with E-state index in [1.165, 1.54) is 6.08 Å². The lowest BCUT2D eigenvalue weighted by Gasteiger charge is -2.44. The van der Waals surface area contributed by atoms with Crippen LogP contribution in [-0.4, -0.2) is 36.0 Å². The largest absolute Gasteiger partial charge is 0.369 e. The minimum absolute atomic E-state index is 0.0516. The second-order valence-electron chi connectivity index (χ2n) is 11.5. The quantitative estimate of drug-likeness (QED) is 0.272. The number of pyridine rings is 1. The molecule has 2 aliphatic heterocycles. The summed E-state index contributed by atoms with van der Waals surface area (Å²) in [6.45, 7) is 6.65. The highest BCUT2D eigenvalue weighted by atomic mass is 16.2.